The van der Waals surface area contributed by atoms with Gasteiger partial charge in [-0.3, -0.25) is 0 Å². The standard InChI is InChI=1S/C33H20ClN3O.C31H18ClN3O.C31H18ClN3S.C27H16ClN3O/c34-33-36-31(25-14-7-13-23(19-25)21-9-3-1-4-10-21)35-32(37-33)26-15-8-16-29-30(26)27-20-24(17-18-28(27)38-29)22-11-5-2-6-12-22;2*32-31-34-29(23-14-13-20-9-4-5-10-21(20)17-23)33-30(35-31)24-11-6-12-27-28(24)25-18-22(15-16-26(25)36-27)19-7-2-1-3-8-19;28-27-30-25(18-10-5-2-6-11-18)29-26(31-27)21-12-7-13-22-24(21)20-15-14-19(16-23(20)32-22)17-8-3-1-4-9-17/h1-20H;2*1-18H;1-16H. The molecule has 0 aliphatic carbocycles. The number of rotatable bonds is 13. The third-order valence-electron chi connectivity index (χ3n) is 25.1. The molecule has 672 valence electrons. The number of aromatic nitrogens is 12. The van der Waals surface area contributed by atoms with Gasteiger partial charge in [0.15, 0.2) is 46.6 Å². The van der Waals surface area contributed by atoms with E-state index in [1.165, 1.54) is 31.3 Å². The molecule has 0 atom stereocenters. The summed E-state index contributed by atoms with van der Waals surface area (Å²) < 4.78 is 21.0. The minimum absolute atomic E-state index is 0.143. The Kier molecular flexibility index (Phi) is 23.4. The van der Waals surface area contributed by atoms with Crippen molar-refractivity contribution in [3.05, 3.63) is 458 Å². The highest BCUT2D eigenvalue weighted by Crippen LogP contribution is 2.46. The van der Waals surface area contributed by atoms with Gasteiger partial charge < -0.3 is 13.3 Å². The topological polar surface area (TPSA) is 194 Å². The van der Waals surface area contributed by atoms with Gasteiger partial charge in [-0.05, 0) is 215 Å². The van der Waals surface area contributed by atoms with Crippen LogP contribution in [-0.4, -0.2) is 59.8 Å². The summed E-state index contributed by atoms with van der Waals surface area (Å²) in [5.74, 6) is 4.27. The van der Waals surface area contributed by atoms with Crippen molar-refractivity contribution in [2.24, 2.45) is 0 Å². The van der Waals surface area contributed by atoms with Gasteiger partial charge >= 0.3 is 0 Å². The molecule has 20 heteroatoms. The maximum Gasteiger partial charge on any atom is 0.226 e. The monoisotopic (exact) mass is 1920 g/mol. The highest BCUT2D eigenvalue weighted by Gasteiger charge is 2.25. The van der Waals surface area contributed by atoms with E-state index in [0.717, 1.165) is 176 Å². The zero-order valence-corrected chi connectivity index (χ0v) is 78.9. The maximum absolute atomic E-state index is 6.47. The summed E-state index contributed by atoms with van der Waals surface area (Å²) >= 11 is 27.4. The van der Waals surface area contributed by atoms with Gasteiger partial charge in [-0.25, -0.2) is 19.9 Å². The molecule has 8 aromatic heterocycles. The van der Waals surface area contributed by atoms with Gasteiger partial charge in [-0.2, -0.15) is 39.9 Å². The van der Waals surface area contributed by atoms with E-state index in [0.29, 0.717) is 46.6 Å². The van der Waals surface area contributed by atoms with Crippen LogP contribution in [0.25, 0.3) is 254 Å². The molecule has 19 aromatic carbocycles. The summed E-state index contributed by atoms with van der Waals surface area (Å²) in [5.41, 5.74) is 23.2. The molecular formula is C122H72Cl4N12O3S. The predicted octanol–water partition coefficient (Wildman–Crippen LogP) is 34.1. The van der Waals surface area contributed by atoms with Crippen LogP contribution in [0, 0.1) is 0 Å². The Morgan fingerprint density at radius 1 is 0.155 bits per heavy atom. The van der Waals surface area contributed by atoms with Gasteiger partial charge in [0.05, 0.1) is 0 Å². The first-order valence-electron chi connectivity index (χ1n) is 45.8. The lowest BCUT2D eigenvalue weighted by atomic mass is 10.0. The molecule has 0 N–H and O–H groups in total. The molecule has 0 unspecified atom stereocenters. The summed E-state index contributed by atoms with van der Waals surface area (Å²) in [7, 11) is 0. The molecule has 15 nitrogen and oxygen atoms in total. The minimum atomic E-state index is 0.143. The van der Waals surface area contributed by atoms with Crippen molar-refractivity contribution in [1.29, 1.82) is 0 Å². The van der Waals surface area contributed by atoms with E-state index in [1.54, 1.807) is 11.3 Å². The zero-order chi connectivity index (χ0) is 95.1. The average molecular weight is 1930 g/mol. The molecule has 0 amide bonds. The Balaban J connectivity index is 0.000000102. The Labute approximate surface area is 836 Å². The minimum Gasteiger partial charge on any atom is -0.456 e. The molecule has 0 radical (unpaired) electrons. The van der Waals surface area contributed by atoms with E-state index in [4.69, 9.17) is 79.6 Å². The van der Waals surface area contributed by atoms with E-state index in [1.807, 2.05) is 224 Å². The Morgan fingerprint density at radius 2 is 0.444 bits per heavy atom. The van der Waals surface area contributed by atoms with Crippen molar-refractivity contribution in [3.63, 3.8) is 0 Å². The number of nitrogens with zero attached hydrogens (tertiary/aromatic N) is 12. The fourth-order valence-corrected chi connectivity index (χ4v) is 20.2. The van der Waals surface area contributed by atoms with E-state index >= 15 is 0 Å². The fraction of sp³-hybridized carbons (Fsp3) is 0. The summed E-state index contributed by atoms with van der Waals surface area (Å²) in [4.78, 5) is 55.1. The highest BCUT2D eigenvalue weighted by molar-refractivity contribution is 7.26. The number of furan rings is 3. The van der Waals surface area contributed by atoms with Crippen LogP contribution < -0.4 is 0 Å². The second-order valence-electron chi connectivity index (χ2n) is 33.9. The van der Waals surface area contributed by atoms with E-state index in [9.17, 15) is 0 Å². The summed E-state index contributed by atoms with van der Waals surface area (Å²) in [6, 6.07) is 148. The van der Waals surface area contributed by atoms with Crippen molar-refractivity contribution in [2.75, 3.05) is 0 Å². The number of fused-ring (bicyclic) bond motifs is 14. The van der Waals surface area contributed by atoms with Gasteiger partial charge in [-0.15, -0.1) is 11.3 Å². The number of thiophene rings is 1. The smallest absolute Gasteiger partial charge is 0.226 e. The quantitative estimate of drug-likeness (QED) is 0.106. The van der Waals surface area contributed by atoms with Crippen LogP contribution in [0.5, 0.6) is 0 Å². The van der Waals surface area contributed by atoms with Gasteiger partial charge in [0.25, 0.3) is 0 Å². The lowest BCUT2D eigenvalue weighted by Gasteiger charge is -2.08. The number of halogens is 4. The van der Waals surface area contributed by atoms with Crippen molar-refractivity contribution < 1.29 is 13.3 Å². The Morgan fingerprint density at radius 3 is 0.866 bits per heavy atom. The Hall–Kier alpha value is -17.5. The Bertz CT molecular complexity index is 9230. The predicted molar refractivity (Wildman–Crippen MR) is 580 cm³/mol. The number of hydrogen-bond donors (Lipinski definition) is 0. The molecular weight excluding hydrogens is 1860 g/mol. The highest BCUT2D eigenvalue weighted by atomic mass is 35.5. The first kappa shape index (κ1) is 87.3. The molecule has 27 rings (SSSR count). The van der Waals surface area contributed by atoms with Crippen LogP contribution in [0.15, 0.2) is 450 Å². The van der Waals surface area contributed by atoms with E-state index in [2.05, 4.69) is 252 Å². The first-order chi connectivity index (χ1) is 69.9. The SMILES string of the molecule is Clc1nc(-c2ccc3ccccc3c2)nc(-c2cccc3oc4ccc(-c5ccccc5)cc4c23)n1.Clc1nc(-c2ccc3ccccc3c2)nc(-c2cccc3sc4ccc(-c5ccccc5)cc4c23)n1.Clc1nc(-c2cccc(-c3ccccc3)c2)nc(-c2cccc3oc4ccc(-c5ccccc5)cc4c23)n1.Clc1nc(-c2ccccc2)nc(-c2cccc3oc4cc(-c5ccccc5)ccc4c23)n1. The van der Waals surface area contributed by atoms with E-state index < -0.39 is 0 Å². The van der Waals surface area contributed by atoms with Crippen LogP contribution in [0.3, 0.4) is 0 Å². The zero-order valence-electron chi connectivity index (χ0n) is 75.1. The third-order valence-corrected chi connectivity index (χ3v) is 26.9. The van der Waals surface area contributed by atoms with Gasteiger partial charge in [0.1, 0.15) is 33.5 Å². The van der Waals surface area contributed by atoms with Crippen LogP contribution >= 0.6 is 57.7 Å². The van der Waals surface area contributed by atoms with Crippen molar-refractivity contribution in [2.45, 2.75) is 0 Å². The molecule has 8 heterocycles. The summed E-state index contributed by atoms with van der Waals surface area (Å²) in [6.45, 7) is 0. The second-order valence-corrected chi connectivity index (χ2v) is 36.3. The van der Waals surface area contributed by atoms with Gasteiger partial charge in [0.2, 0.25) is 21.1 Å². The number of hydrogen-bond acceptors (Lipinski definition) is 16. The molecule has 0 aliphatic heterocycles. The summed E-state index contributed by atoms with van der Waals surface area (Å²) in [5, 5.41) is 13.4. The fourth-order valence-electron chi connectivity index (χ4n) is 18.4. The van der Waals surface area contributed by atoms with Crippen LogP contribution in [0.4, 0.5) is 0 Å². The largest absolute Gasteiger partial charge is 0.456 e. The molecule has 0 aliphatic rings. The van der Waals surface area contributed by atoms with Crippen molar-refractivity contribution >= 4 is 165 Å². The molecule has 27 aromatic rings. The van der Waals surface area contributed by atoms with Crippen LogP contribution in [0.2, 0.25) is 21.1 Å². The van der Waals surface area contributed by atoms with Crippen molar-refractivity contribution in [1.82, 2.24) is 59.8 Å². The molecule has 0 spiro atoms. The maximum atomic E-state index is 6.47. The summed E-state index contributed by atoms with van der Waals surface area (Å²) in [6.07, 6.45) is 0. The van der Waals surface area contributed by atoms with E-state index in [-0.39, 0.29) is 21.1 Å². The van der Waals surface area contributed by atoms with Gasteiger partial charge in [0, 0.05) is 97.0 Å². The second kappa shape index (κ2) is 38.1. The first-order valence-corrected chi connectivity index (χ1v) is 48.2. The average Bonchev–Trinajstić information content (AvgIpc) is 1.60. The lowest BCUT2D eigenvalue weighted by molar-refractivity contribution is 0.668. The normalized spacial score (nSPS) is 11.4. The third kappa shape index (κ3) is 17.6. The lowest BCUT2D eigenvalue weighted by Crippen LogP contribution is -1.97. The molecule has 142 heavy (non-hydrogen) atoms. The molecule has 0 saturated carbocycles. The van der Waals surface area contributed by atoms with Gasteiger partial charge in [-0.1, -0.05) is 346 Å². The number of benzene rings is 19. The molecule has 0 fully saturated rings. The van der Waals surface area contributed by atoms with Crippen LogP contribution in [-0.2, 0) is 0 Å². The van der Waals surface area contributed by atoms with Crippen LogP contribution in [0.1, 0.15) is 0 Å². The molecule has 0 bridgehead atoms. The van der Waals surface area contributed by atoms with Crippen molar-refractivity contribution in [3.8, 4) is 147 Å². The molecule has 0 saturated heterocycles.